The van der Waals surface area contributed by atoms with Gasteiger partial charge in [0.15, 0.2) is 5.96 Å². The van der Waals surface area contributed by atoms with Gasteiger partial charge in [0.25, 0.3) is 0 Å². The third kappa shape index (κ3) is 8.76. The van der Waals surface area contributed by atoms with Crippen LogP contribution in [0.2, 0.25) is 0 Å². The molecule has 0 aliphatic carbocycles. The second kappa shape index (κ2) is 10.2. The van der Waals surface area contributed by atoms with Crippen molar-refractivity contribution in [2.45, 2.75) is 52.4 Å². The Bertz CT molecular complexity index is 412. The lowest BCUT2D eigenvalue weighted by atomic mass is 10.1. The van der Waals surface area contributed by atoms with Crippen molar-refractivity contribution in [1.29, 1.82) is 0 Å². The number of aliphatic imine (C=N–C) groups is 1. The highest BCUT2D eigenvalue weighted by Crippen LogP contribution is 2.18. The van der Waals surface area contributed by atoms with Crippen LogP contribution >= 0.6 is 0 Å². The summed E-state index contributed by atoms with van der Waals surface area (Å²) < 4.78 is 36.9. The van der Waals surface area contributed by atoms with Crippen LogP contribution < -0.4 is 10.6 Å². The van der Waals surface area contributed by atoms with Crippen molar-refractivity contribution in [3.63, 3.8) is 0 Å². The standard InChI is InChI=1S/C17H34F3N5/c1-6-21-16(22-8-7-9-24(5)12-17(18,19)20)23-15-11-25(13(2)3)10-14(15)4/h13-15H,6-12H2,1-5H3,(H2,21,22,23). The van der Waals surface area contributed by atoms with Gasteiger partial charge in [-0.15, -0.1) is 0 Å². The Labute approximate surface area is 150 Å². The lowest BCUT2D eigenvalue weighted by molar-refractivity contribution is -0.143. The van der Waals surface area contributed by atoms with E-state index >= 15 is 0 Å². The number of alkyl halides is 3. The lowest BCUT2D eigenvalue weighted by Crippen LogP contribution is -2.47. The zero-order valence-corrected chi connectivity index (χ0v) is 16.2. The molecule has 1 rings (SSSR count). The lowest BCUT2D eigenvalue weighted by Gasteiger charge is -2.22. The molecule has 2 unspecified atom stereocenters. The molecule has 0 radical (unpaired) electrons. The molecular weight excluding hydrogens is 331 g/mol. The second-order valence-electron chi connectivity index (χ2n) is 7.24. The molecule has 0 bridgehead atoms. The molecule has 2 N–H and O–H groups in total. The van der Waals surface area contributed by atoms with E-state index in [1.54, 1.807) is 0 Å². The quantitative estimate of drug-likeness (QED) is 0.393. The summed E-state index contributed by atoms with van der Waals surface area (Å²) >= 11 is 0. The monoisotopic (exact) mass is 365 g/mol. The van der Waals surface area contributed by atoms with E-state index in [0.29, 0.717) is 37.5 Å². The summed E-state index contributed by atoms with van der Waals surface area (Å²) in [5, 5.41) is 6.71. The van der Waals surface area contributed by atoms with Gasteiger partial charge in [-0.3, -0.25) is 14.8 Å². The fraction of sp³-hybridized carbons (Fsp3) is 0.941. The smallest absolute Gasteiger partial charge is 0.357 e. The van der Waals surface area contributed by atoms with Gasteiger partial charge in [-0.05, 0) is 46.7 Å². The number of hydrogen-bond donors (Lipinski definition) is 2. The van der Waals surface area contributed by atoms with Crippen molar-refractivity contribution in [3.8, 4) is 0 Å². The predicted molar refractivity (Wildman–Crippen MR) is 96.9 cm³/mol. The molecule has 5 nitrogen and oxygen atoms in total. The van der Waals surface area contributed by atoms with E-state index in [2.05, 4.69) is 41.3 Å². The minimum absolute atomic E-state index is 0.341. The highest BCUT2D eigenvalue weighted by molar-refractivity contribution is 5.80. The van der Waals surface area contributed by atoms with Crippen LogP contribution in [0.25, 0.3) is 0 Å². The molecule has 0 spiro atoms. The van der Waals surface area contributed by atoms with E-state index in [0.717, 1.165) is 25.6 Å². The summed E-state index contributed by atoms with van der Waals surface area (Å²) in [6, 6.07) is 0.867. The number of likely N-dealkylation sites (tertiary alicyclic amines) is 1. The maximum Gasteiger partial charge on any atom is 0.401 e. The average molecular weight is 365 g/mol. The zero-order valence-electron chi connectivity index (χ0n) is 16.2. The molecule has 1 aliphatic rings. The number of hydrogen-bond acceptors (Lipinski definition) is 3. The van der Waals surface area contributed by atoms with Gasteiger partial charge in [0.05, 0.1) is 6.54 Å². The van der Waals surface area contributed by atoms with E-state index < -0.39 is 12.7 Å². The average Bonchev–Trinajstić information content (AvgIpc) is 2.83. The normalized spacial score (nSPS) is 22.9. The molecule has 1 fully saturated rings. The maximum absolute atomic E-state index is 12.3. The van der Waals surface area contributed by atoms with Gasteiger partial charge < -0.3 is 10.6 Å². The first-order chi connectivity index (χ1) is 11.6. The van der Waals surface area contributed by atoms with Crippen molar-refractivity contribution in [1.82, 2.24) is 20.4 Å². The molecule has 0 saturated carbocycles. The van der Waals surface area contributed by atoms with Crippen molar-refractivity contribution in [3.05, 3.63) is 0 Å². The van der Waals surface area contributed by atoms with Gasteiger partial charge in [-0.2, -0.15) is 13.2 Å². The van der Waals surface area contributed by atoms with Gasteiger partial charge >= 0.3 is 6.18 Å². The maximum atomic E-state index is 12.3. The highest BCUT2D eigenvalue weighted by Gasteiger charge is 2.31. The number of halogens is 3. The molecule has 148 valence electrons. The zero-order chi connectivity index (χ0) is 19.0. The topological polar surface area (TPSA) is 42.9 Å². The molecular formula is C17H34F3N5. The fourth-order valence-corrected chi connectivity index (χ4v) is 3.03. The number of nitrogens with zero attached hydrogens (tertiary/aromatic N) is 3. The van der Waals surface area contributed by atoms with Crippen molar-refractivity contribution in [2.75, 3.05) is 46.3 Å². The summed E-state index contributed by atoms with van der Waals surface area (Å²) in [4.78, 5) is 8.25. The van der Waals surface area contributed by atoms with Gasteiger partial charge in [0.1, 0.15) is 0 Å². The SMILES string of the molecule is CCNC(=NCCCN(C)CC(F)(F)F)NC1CN(C(C)C)CC1C. The molecule has 0 amide bonds. The first-order valence-corrected chi connectivity index (χ1v) is 9.16. The van der Waals surface area contributed by atoms with E-state index in [1.807, 2.05) is 6.92 Å². The first kappa shape index (κ1) is 22.0. The summed E-state index contributed by atoms with van der Waals surface area (Å²) in [7, 11) is 1.49. The van der Waals surface area contributed by atoms with Crippen molar-refractivity contribution >= 4 is 5.96 Å². The number of nitrogens with one attached hydrogen (secondary N) is 2. The largest absolute Gasteiger partial charge is 0.401 e. The van der Waals surface area contributed by atoms with E-state index in [-0.39, 0.29) is 0 Å². The number of rotatable bonds is 8. The van der Waals surface area contributed by atoms with Crippen LogP contribution in [-0.2, 0) is 0 Å². The number of guanidine groups is 1. The van der Waals surface area contributed by atoms with Gasteiger partial charge in [-0.25, -0.2) is 0 Å². The van der Waals surface area contributed by atoms with Crippen LogP contribution in [0, 0.1) is 5.92 Å². The summed E-state index contributed by atoms with van der Waals surface area (Å²) in [5.74, 6) is 1.28. The molecule has 25 heavy (non-hydrogen) atoms. The Hall–Kier alpha value is -1.02. The minimum atomic E-state index is -4.14. The molecule has 1 saturated heterocycles. The Kier molecular flexibility index (Phi) is 8.99. The highest BCUT2D eigenvalue weighted by atomic mass is 19.4. The van der Waals surface area contributed by atoms with Crippen LogP contribution in [0.3, 0.4) is 0 Å². The Balaban J connectivity index is 2.44. The van der Waals surface area contributed by atoms with E-state index in [4.69, 9.17) is 0 Å². The fourth-order valence-electron chi connectivity index (χ4n) is 3.03. The molecule has 0 aromatic heterocycles. The first-order valence-electron chi connectivity index (χ1n) is 9.16. The van der Waals surface area contributed by atoms with Gasteiger partial charge in [-0.1, -0.05) is 6.92 Å². The van der Waals surface area contributed by atoms with Crippen LogP contribution in [0.15, 0.2) is 4.99 Å². The van der Waals surface area contributed by atoms with E-state index in [9.17, 15) is 13.2 Å². The van der Waals surface area contributed by atoms with E-state index in [1.165, 1.54) is 11.9 Å². The summed E-state index contributed by atoms with van der Waals surface area (Å²) in [6.45, 7) is 11.5. The molecule has 1 aliphatic heterocycles. The minimum Gasteiger partial charge on any atom is -0.357 e. The third-order valence-electron chi connectivity index (χ3n) is 4.45. The second-order valence-corrected chi connectivity index (χ2v) is 7.24. The van der Waals surface area contributed by atoms with Crippen molar-refractivity contribution in [2.24, 2.45) is 10.9 Å². The molecule has 0 aromatic carbocycles. The van der Waals surface area contributed by atoms with Gasteiger partial charge in [0, 0.05) is 38.3 Å². The Morgan fingerprint density at radius 1 is 1.32 bits per heavy atom. The third-order valence-corrected chi connectivity index (χ3v) is 4.45. The van der Waals surface area contributed by atoms with Crippen LogP contribution in [0.4, 0.5) is 13.2 Å². The molecule has 8 heteroatoms. The molecule has 1 heterocycles. The molecule has 2 atom stereocenters. The summed E-state index contributed by atoms with van der Waals surface area (Å²) in [6.07, 6.45) is -3.54. The predicted octanol–water partition coefficient (Wildman–Crippen LogP) is 2.15. The van der Waals surface area contributed by atoms with Crippen LogP contribution in [0.1, 0.15) is 34.1 Å². The van der Waals surface area contributed by atoms with Crippen LogP contribution in [-0.4, -0.2) is 80.3 Å². The Morgan fingerprint density at radius 2 is 2.00 bits per heavy atom. The Morgan fingerprint density at radius 3 is 2.52 bits per heavy atom. The van der Waals surface area contributed by atoms with Crippen LogP contribution in [0.5, 0.6) is 0 Å². The van der Waals surface area contributed by atoms with Crippen molar-refractivity contribution < 1.29 is 13.2 Å². The van der Waals surface area contributed by atoms with Gasteiger partial charge in [0.2, 0.25) is 0 Å². The summed E-state index contributed by atoms with van der Waals surface area (Å²) in [5.41, 5.74) is 0. The molecule has 0 aromatic rings.